The number of hydrazine groups is 1. The lowest BCUT2D eigenvalue weighted by Crippen LogP contribution is -2.39. The van der Waals surface area contributed by atoms with Crippen LogP contribution in [0.5, 0.6) is 0 Å². The molecule has 1 unspecified atom stereocenters. The Kier molecular flexibility index (Phi) is 3.44. The topological polar surface area (TPSA) is 96.2 Å². The molecule has 2 aliphatic rings. The van der Waals surface area contributed by atoms with Crippen LogP contribution in [-0.2, 0) is 4.79 Å². The molecule has 1 aliphatic carbocycles. The zero-order chi connectivity index (χ0) is 15.0. The average molecular weight is 290 g/mol. The Bertz CT molecular complexity index is 558. The predicted molar refractivity (Wildman–Crippen MR) is 80.8 cm³/mol. The first-order chi connectivity index (χ1) is 10.1. The van der Waals surface area contributed by atoms with Crippen molar-refractivity contribution >= 4 is 17.5 Å². The lowest BCUT2D eigenvalue weighted by atomic mass is 9.89. The summed E-state index contributed by atoms with van der Waals surface area (Å²) in [6, 6.07) is 1.85. The van der Waals surface area contributed by atoms with Crippen LogP contribution in [0.15, 0.2) is 6.07 Å². The van der Waals surface area contributed by atoms with Crippen LogP contribution in [0.3, 0.4) is 0 Å². The molecule has 1 amide bonds. The molecule has 21 heavy (non-hydrogen) atoms. The van der Waals surface area contributed by atoms with Gasteiger partial charge in [0, 0.05) is 32.1 Å². The molecule has 0 bridgehead atoms. The lowest BCUT2D eigenvalue weighted by Gasteiger charge is -2.23. The second-order valence-electron chi connectivity index (χ2n) is 6.20. The van der Waals surface area contributed by atoms with Crippen molar-refractivity contribution < 1.29 is 4.79 Å². The molecule has 1 aromatic heterocycles. The highest BCUT2D eigenvalue weighted by atomic mass is 16.2. The van der Waals surface area contributed by atoms with Crippen LogP contribution >= 0.6 is 0 Å². The molecule has 0 aromatic carbocycles. The van der Waals surface area contributed by atoms with E-state index in [9.17, 15) is 4.79 Å². The van der Waals surface area contributed by atoms with Crippen molar-refractivity contribution in [1.29, 1.82) is 0 Å². The molecule has 1 aromatic rings. The third kappa shape index (κ3) is 2.65. The van der Waals surface area contributed by atoms with E-state index < -0.39 is 0 Å². The normalized spacial score (nSPS) is 25.0. The third-order valence-electron chi connectivity index (χ3n) is 4.39. The standard InChI is InChI=1S/C14H22N6O/c1-14(13(21)16-2)5-6-20(8-14)11-7-10(19-15)17-12(18-11)9-3-4-9/h7,9H,3-6,8,15H2,1-2H3,(H,16,21)(H,17,18,19). The fourth-order valence-electron chi connectivity index (χ4n) is 2.86. The molecule has 2 heterocycles. The van der Waals surface area contributed by atoms with Gasteiger partial charge in [0.15, 0.2) is 0 Å². The largest absolute Gasteiger partial charge is 0.359 e. The summed E-state index contributed by atoms with van der Waals surface area (Å²) in [5, 5.41) is 2.75. The van der Waals surface area contributed by atoms with Crippen LogP contribution in [0.2, 0.25) is 0 Å². The summed E-state index contributed by atoms with van der Waals surface area (Å²) in [5.74, 6) is 8.40. The number of nitrogen functional groups attached to an aromatic ring is 1. The number of nitrogens with zero attached hydrogens (tertiary/aromatic N) is 3. The Morgan fingerprint density at radius 3 is 2.86 bits per heavy atom. The fraction of sp³-hybridized carbons (Fsp3) is 0.643. The quantitative estimate of drug-likeness (QED) is 0.555. The number of hydrogen-bond acceptors (Lipinski definition) is 6. The van der Waals surface area contributed by atoms with Gasteiger partial charge in [-0.1, -0.05) is 0 Å². The molecule has 0 spiro atoms. The Morgan fingerprint density at radius 2 is 2.24 bits per heavy atom. The molecule has 4 N–H and O–H groups in total. The molecular formula is C14H22N6O. The predicted octanol–water partition coefficient (Wildman–Crippen LogP) is 0.602. The number of nitrogens with two attached hydrogens (primary N) is 1. The summed E-state index contributed by atoms with van der Waals surface area (Å²) in [4.78, 5) is 23.2. The molecular weight excluding hydrogens is 268 g/mol. The Morgan fingerprint density at radius 1 is 1.48 bits per heavy atom. The van der Waals surface area contributed by atoms with Gasteiger partial charge in [0.25, 0.3) is 0 Å². The Balaban J connectivity index is 1.84. The van der Waals surface area contributed by atoms with Crippen molar-refractivity contribution in [1.82, 2.24) is 15.3 Å². The fourth-order valence-corrected chi connectivity index (χ4v) is 2.86. The average Bonchev–Trinajstić information content (AvgIpc) is 3.28. The van der Waals surface area contributed by atoms with Crippen LogP contribution in [-0.4, -0.2) is 36.0 Å². The van der Waals surface area contributed by atoms with Gasteiger partial charge < -0.3 is 15.6 Å². The number of hydrogen-bond donors (Lipinski definition) is 3. The lowest BCUT2D eigenvalue weighted by molar-refractivity contribution is -0.128. The summed E-state index contributed by atoms with van der Waals surface area (Å²) < 4.78 is 0. The van der Waals surface area contributed by atoms with Crippen molar-refractivity contribution in [3.63, 3.8) is 0 Å². The third-order valence-corrected chi connectivity index (χ3v) is 4.39. The number of amides is 1. The zero-order valence-electron chi connectivity index (χ0n) is 12.5. The first-order valence-corrected chi connectivity index (χ1v) is 7.38. The summed E-state index contributed by atoms with van der Waals surface area (Å²) in [5.41, 5.74) is 2.25. The van der Waals surface area contributed by atoms with Crippen molar-refractivity contribution in [2.75, 3.05) is 30.5 Å². The maximum Gasteiger partial charge on any atom is 0.227 e. The molecule has 7 heteroatoms. The number of rotatable bonds is 4. The highest BCUT2D eigenvalue weighted by Gasteiger charge is 2.40. The summed E-state index contributed by atoms with van der Waals surface area (Å²) in [6.45, 7) is 3.48. The molecule has 0 radical (unpaired) electrons. The van der Waals surface area contributed by atoms with E-state index in [1.165, 1.54) is 0 Å². The number of carbonyl (C=O) groups is 1. The van der Waals surface area contributed by atoms with E-state index >= 15 is 0 Å². The van der Waals surface area contributed by atoms with Crippen molar-refractivity contribution in [2.24, 2.45) is 11.3 Å². The van der Waals surface area contributed by atoms with Gasteiger partial charge in [-0.2, -0.15) is 0 Å². The van der Waals surface area contributed by atoms with Crippen molar-refractivity contribution in [3.05, 3.63) is 11.9 Å². The summed E-state index contributed by atoms with van der Waals surface area (Å²) in [7, 11) is 1.68. The highest BCUT2D eigenvalue weighted by Crippen LogP contribution is 2.40. The summed E-state index contributed by atoms with van der Waals surface area (Å²) >= 11 is 0. The first kappa shape index (κ1) is 14.1. The van der Waals surface area contributed by atoms with Gasteiger partial charge in [-0.25, -0.2) is 15.8 Å². The van der Waals surface area contributed by atoms with Crippen LogP contribution in [0.1, 0.15) is 37.9 Å². The van der Waals surface area contributed by atoms with Gasteiger partial charge >= 0.3 is 0 Å². The van der Waals surface area contributed by atoms with Gasteiger partial charge in [-0.3, -0.25) is 4.79 Å². The van der Waals surface area contributed by atoms with Gasteiger partial charge in [0.2, 0.25) is 5.91 Å². The number of aromatic nitrogens is 2. The van der Waals surface area contributed by atoms with Crippen LogP contribution in [0, 0.1) is 5.41 Å². The molecule has 7 nitrogen and oxygen atoms in total. The highest BCUT2D eigenvalue weighted by molar-refractivity contribution is 5.83. The van der Waals surface area contributed by atoms with E-state index in [4.69, 9.17) is 5.84 Å². The Labute approximate surface area is 124 Å². The van der Waals surface area contributed by atoms with Crippen LogP contribution in [0.4, 0.5) is 11.6 Å². The number of anilines is 2. The SMILES string of the molecule is CNC(=O)C1(C)CCN(c2cc(NN)nc(C3CC3)n2)C1. The van der Waals surface area contributed by atoms with E-state index in [1.807, 2.05) is 13.0 Å². The minimum atomic E-state index is -0.365. The molecule has 3 rings (SSSR count). The summed E-state index contributed by atoms with van der Waals surface area (Å²) in [6.07, 6.45) is 3.10. The van der Waals surface area contributed by atoms with E-state index in [0.29, 0.717) is 18.3 Å². The minimum Gasteiger partial charge on any atom is -0.359 e. The second-order valence-corrected chi connectivity index (χ2v) is 6.20. The van der Waals surface area contributed by atoms with E-state index in [1.54, 1.807) is 7.05 Å². The van der Waals surface area contributed by atoms with E-state index in [0.717, 1.165) is 37.4 Å². The van der Waals surface area contributed by atoms with E-state index in [-0.39, 0.29) is 11.3 Å². The molecule has 1 saturated carbocycles. The van der Waals surface area contributed by atoms with Gasteiger partial charge in [0.05, 0.1) is 5.41 Å². The maximum absolute atomic E-state index is 12.0. The molecule has 1 saturated heterocycles. The maximum atomic E-state index is 12.0. The van der Waals surface area contributed by atoms with Crippen molar-refractivity contribution in [2.45, 2.75) is 32.1 Å². The van der Waals surface area contributed by atoms with Crippen molar-refractivity contribution in [3.8, 4) is 0 Å². The number of carbonyl (C=O) groups excluding carboxylic acids is 1. The number of nitrogens with one attached hydrogen (secondary N) is 2. The smallest absolute Gasteiger partial charge is 0.227 e. The van der Waals surface area contributed by atoms with Gasteiger partial charge in [0.1, 0.15) is 17.5 Å². The molecule has 2 fully saturated rings. The molecule has 1 atom stereocenters. The van der Waals surface area contributed by atoms with Crippen LogP contribution in [0.25, 0.3) is 0 Å². The van der Waals surface area contributed by atoms with E-state index in [2.05, 4.69) is 25.6 Å². The molecule has 1 aliphatic heterocycles. The molecule has 114 valence electrons. The monoisotopic (exact) mass is 290 g/mol. The minimum absolute atomic E-state index is 0.0821. The Hall–Kier alpha value is -1.89. The van der Waals surface area contributed by atoms with Gasteiger partial charge in [-0.05, 0) is 26.2 Å². The zero-order valence-corrected chi connectivity index (χ0v) is 12.5. The first-order valence-electron chi connectivity index (χ1n) is 7.38. The van der Waals surface area contributed by atoms with Gasteiger partial charge in [-0.15, -0.1) is 0 Å². The van der Waals surface area contributed by atoms with Crippen LogP contribution < -0.4 is 21.5 Å². The second kappa shape index (κ2) is 5.14.